The van der Waals surface area contributed by atoms with E-state index in [0.717, 1.165) is 19.3 Å². The smallest absolute Gasteiger partial charge is 0.178 e. The highest BCUT2D eigenvalue weighted by atomic mass is 32.2. The second-order valence-electron chi connectivity index (χ2n) is 4.55. The summed E-state index contributed by atoms with van der Waals surface area (Å²) in [6.45, 7) is 1.77. The highest BCUT2D eigenvalue weighted by Gasteiger charge is 2.26. The molecule has 0 radical (unpaired) electrons. The van der Waals surface area contributed by atoms with Gasteiger partial charge in [0, 0.05) is 5.69 Å². The third-order valence-corrected chi connectivity index (χ3v) is 5.36. The Morgan fingerprint density at radius 2 is 2.06 bits per heavy atom. The minimum absolute atomic E-state index is 0.275. The third-order valence-electron chi connectivity index (χ3n) is 3.34. The molecule has 0 atom stereocenters. The molecule has 0 saturated heterocycles. The molecule has 88 valence electrons. The van der Waals surface area contributed by atoms with Crippen LogP contribution in [0.2, 0.25) is 0 Å². The van der Waals surface area contributed by atoms with Crippen molar-refractivity contribution in [1.29, 1.82) is 0 Å². The summed E-state index contributed by atoms with van der Waals surface area (Å²) in [7, 11) is -3.15. The molecule has 1 fully saturated rings. The molecule has 4 heteroatoms. The average Bonchev–Trinajstić information content (AvgIpc) is 2.16. The van der Waals surface area contributed by atoms with Gasteiger partial charge in [-0.25, -0.2) is 8.42 Å². The molecule has 1 aliphatic rings. The van der Waals surface area contributed by atoms with Crippen molar-refractivity contribution in [1.82, 2.24) is 0 Å². The number of nitrogen functional groups attached to an aromatic ring is 1. The molecule has 0 aromatic heterocycles. The van der Waals surface area contributed by atoms with Crippen molar-refractivity contribution in [2.24, 2.45) is 5.92 Å². The van der Waals surface area contributed by atoms with Crippen LogP contribution in [0.1, 0.15) is 24.8 Å². The van der Waals surface area contributed by atoms with Gasteiger partial charge in [-0.3, -0.25) is 0 Å². The predicted octanol–water partition coefficient (Wildman–Crippen LogP) is 2.15. The summed E-state index contributed by atoms with van der Waals surface area (Å²) in [6.07, 6.45) is 3.25. The zero-order valence-electron chi connectivity index (χ0n) is 9.44. The fourth-order valence-electron chi connectivity index (χ4n) is 2.03. The quantitative estimate of drug-likeness (QED) is 0.822. The normalized spacial score (nSPS) is 17.1. The van der Waals surface area contributed by atoms with Gasteiger partial charge in [0.25, 0.3) is 0 Å². The maximum atomic E-state index is 12.2. The van der Waals surface area contributed by atoms with E-state index in [-0.39, 0.29) is 5.75 Å². The standard InChI is InChI=1S/C12H17NO2S/c1-9-11(13)6-3-7-12(9)16(14,15)8-10-4-2-5-10/h3,6-7,10H,2,4-5,8,13H2,1H3. The summed E-state index contributed by atoms with van der Waals surface area (Å²) < 4.78 is 24.3. The zero-order valence-corrected chi connectivity index (χ0v) is 10.3. The molecular formula is C12H17NO2S. The van der Waals surface area contributed by atoms with Crippen molar-refractivity contribution in [2.75, 3.05) is 11.5 Å². The van der Waals surface area contributed by atoms with Crippen molar-refractivity contribution in [3.05, 3.63) is 23.8 Å². The summed E-state index contributed by atoms with van der Waals surface area (Å²) in [5, 5.41) is 0. The largest absolute Gasteiger partial charge is 0.398 e. The van der Waals surface area contributed by atoms with Crippen LogP contribution in [0, 0.1) is 12.8 Å². The molecule has 1 aromatic rings. The fraction of sp³-hybridized carbons (Fsp3) is 0.500. The van der Waals surface area contributed by atoms with E-state index >= 15 is 0 Å². The van der Waals surface area contributed by atoms with Crippen molar-refractivity contribution in [3.8, 4) is 0 Å². The minimum atomic E-state index is -3.15. The maximum Gasteiger partial charge on any atom is 0.178 e. The number of rotatable bonds is 3. The van der Waals surface area contributed by atoms with Gasteiger partial charge in [-0.05, 0) is 43.4 Å². The Hall–Kier alpha value is -1.03. The summed E-state index contributed by atoms with van der Waals surface area (Å²) in [5.74, 6) is 0.628. The van der Waals surface area contributed by atoms with Crippen molar-refractivity contribution in [2.45, 2.75) is 31.1 Å². The second-order valence-corrected chi connectivity index (χ2v) is 6.55. The third kappa shape index (κ3) is 2.07. The van der Waals surface area contributed by atoms with E-state index in [1.807, 2.05) is 0 Å². The zero-order chi connectivity index (χ0) is 11.8. The number of hydrogen-bond donors (Lipinski definition) is 1. The van der Waals surface area contributed by atoms with Crippen LogP contribution < -0.4 is 5.73 Å². The molecule has 2 rings (SSSR count). The van der Waals surface area contributed by atoms with Gasteiger partial charge >= 0.3 is 0 Å². The van der Waals surface area contributed by atoms with Crippen LogP contribution >= 0.6 is 0 Å². The van der Waals surface area contributed by atoms with Crippen LogP contribution in [0.25, 0.3) is 0 Å². The van der Waals surface area contributed by atoms with Crippen LogP contribution in [-0.4, -0.2) is 14.2 Å². The van der Waals surface area contributed by atoms with Gasteiger partial charge in [-0.1, -0.05) is 12.5 Å². The SMILES string of the molecule is Cc1c(N)cccc1S(=O)(=O)CC1CCC1. The lowest BCUT2D eigenvalue weighted by atomic mass is 9.87. The van der Waals surface area contributed by atoms with E-state index in [0.29, 0.717) is 22.1 Å². The number of hydrogen-bond acceptors (Lipinski definition) is 3. The monoisotopic (exact) mass is 239 g/mol. The Labute approximate surface area is 96.6 Å². The highest BCUT2D eigenvalue weighted by molar-refractivity contribution is 7.91. The molecule has 16 heavy (non-hydrogen) atoms. The van der Waals surface area contributed by atoms with Gasteiger partial charge in [0.2, 0.25) is 0 Å². The Morgan fingerprint density at radius 1 is 1.38 bits per heavy atom. The summed E-state index contributed by atoms with van der Waals surface area (Å²) in [5.41, 5.74) is 6.96. The highest BCUT2D eigenvalue weighted by Crippen LogP contribution is 2.31. The van der Waals surface area contributed by atoms with Gasteiger partial charge in [0.1, 0.15) is 0 Å². The van der Waals surface area contributed by atoms with Crippen LogP contribution in [0.15, 0.2) is 23.1 Å². The topological polar surface area (TPSA) is 60.2 Å². The van der Waals surface area contributed by atoms with Gasteiger partial charge in [-0.2, -0.15) is 0 Å². The molecule has 1 aliphatic carbocycles. The van der Waals surface area contributed by atoms with E-state index in [4.69, 9.17) is 5.73 Å². The first-order valence-electron chi connectivity index (χ1n) is 5.58. The lowest BCUT2D eigenvalue weighted by Gasteiger charge is -2.25. The number of nitrogens with two attached hydrogens (primary N) is 1. The lowest BCUT2D eigenvalue weighted by molar-refractivity contribution is 0.347. The van der Waals surface area contributed by atoms with Crippen LogP contribution in [0.3, 0.4) is 0 Å². The van der Waals surface area contributed by atoms with Crippen molar-refractivity contribution >= 4 is 15.5 Å². The molecule has 0 spiro atoms. The average molecular weight is 239 g/mol. The van der Waals surface area contributed by atoms with Crippen molar-refractivity contribution < 1.29 is 8.42 Å². The molecule has 0 bridgehead atoms. The van der Waals surface area contributed by atoms with Crippen molar-refractivity contribution in [3.63, 3.8) is 0 Å². The maximum absolute atomic E-state index is 12.2. The molecule has 1 aromatic carbocycles. The molecular weight excluding hydrogens is 222 g/mol. The van der Waals surface area contributed by atoms with Gasteiger partial charge in [-0.15, -0.1) is 0 Å². The van der Waals surface area contributed by atoms with Crippen LogP contribution in [0.4, 0.5) is 5.69 Å². The summed E-state index contributed by atoms with van der Waals surface area (Å²) in [6, 6.07) is 5.09. The number of anilines is 1. The van der Waals surface area contributed by atoms with E-state index in [2.05, 4.69) is 0 Å². The molecule has 2 N–H and O–H groups in total. The first kappa shape index (κ1) is 11.5. The molecule has 3 nitrogen and oxygen atoms in total. The van der Waals surface area contributed by atoms with E-state index in [9.17, 15) is 8.42 Å². The Kier molecular flexibility index (Phi) is 2.93. The summed E-state index contributed by atoms with van der Waals surface area (Å²) >= 11 is 0. The second kappa shape index (κ2) is 4.09. The first-order valence-corrected chi connectivity index (χ1v) is 7.24. The van der Waals surface area contributed by atoms with Gasteiger partial charge < -0.3 is 5.73 Å². The Morgan fingerprint density at radius 3 is 2.62 bits per heavy atom. The van der Waals surface area contributed by atoms with Gasteiger partial charge in [0.15, 0.2) is 9.84 Å². The molecule has 0 heterocycles. The first-order chi connectivity index (χ1) is 7.50. The predicted molar refractivity (Wildman–Crippen MR) is 65.0 cm³/mol. The fourth-order valence-corrected chi connectivity index (χ4v) is 4.03. The Bertz CT molecular complexity index is 490. The lowest BCUT2D eigenvalue weighted by Crippen LogP contribution is -2.22. The van der Waals surface area contributed by atoms with E-state index in [1.54, 1.807) is 25.1 Å². The number of benzene rings is 1. The number of sulfone groups is 1. The van der Waals surface area contributed by atoms with E-state index in [1.165, 1.54) is 0 Å². The molecule has 0 aliphatic heterocycles. The Balaban J connectivity index is 2.31. The molecule has 0 amide bonds. The van der Waals surface area contributed by atoms with Crippen LogP contribution in [0.5, 0.6) is 0 Å². The molecule has 0 unspecified atom stereocenters. The molecule has 1 saturated carbocycles. The summed E-state index contributed by atoms with van der Waals surface area (Å²) in [4.78, 5) is 0.402. The minimum Gasteiger partial charge on any atom is -0.398 e. The van der Waals surface area contributed by atoms with Crippen LogP contribution in [-0.2, 0) is 9.84 Å². The van der Waals surface area contributed by atoms with Gasteiger partial charge in [0.05, 0.1) is 10.6 Å². The van der Waals surface area contributed by atoms with E-state index < -0.39 is 9.84 Å².